The largest absolute Gasteiger partial charge is 0.449 e. The van der Waals surface area contributed by atoms with Gasteiger partial charge in [0.15, 0.2) is 6.10 Å². The van der Waals surface area contributed by atoms with Crippen molar-refractivity contribution in [3.8, 4) is 0 Å². The zero-order valence-corrected chi connectivity index (χ0v) is 15.6. The molecule has 1 N–H and O–H groups in total. The molecule has 136 valence electrons. The maximum absolute atomic E-state index is 13.6. The van der Waals surface area contributed by atoms with Crippen molar-refractivity contribution in [3.63, 3.8) is 0 Å². The van der Waals surface area contributed by atoms with Crippen LogP contribution in [0.4, 0.5) is 10.1 Å². The van der Waals surface area contributed by atoms with Gasteiger partial charge in [-0.15, -0.1) is 0 Å². The number of ether oxygens (including phenoxy) is 1. The molecular formula is C19H16Cl2FNO3. The lowest BCUT2D eigenvalue weighted by Crippen LogP contribution is -2.29. The van der Waals surface area contributed by atoms with Crippen LogP contribution in [0.1, 0.15) is 18.1 Å². The van der Waals surface area contributed by atoms with Crippen molar-refractivity contribution >= 4 is 46.8 Å². The van der Waals surface area contributed by atoms with Crippen LogP contribution >= 0.6 is 23.2 Å². The number of carbonyl (C=O) groups excluding carboxylic acids is 2. The Bertz CT molecular complexity index is 848. The molecule has 0 spiro atoms. The standard InChI is InChI=1S/C19H16Cl2FNO3/c1-11-6-7-13(20)10-17(11)23-19(25)12(2)26-18(24)9-8-14-15(21)4-3-5-16(14)22/h3-10,12H,1-2H3,(H,23,25). The van der Waals surface area contributed by atoms with Gasteiger partial charge in [-0.2, -0.15) is 0 Å². The third-order valence-electron chi connectivity index (χ3n) is 3.51. The minimum absolute atomic E-state index is 0.0674. The molecule has 0 aliphatic carbocycles. The number of benzene rings is 2. The maximum atomic E-state index is 13.6. The molecular weight excluding hydrogens is 380 g/mol. The molecule has 2 aromatic carbocycles. The highest BCUT2D eigenvalue weighted by molar-refractivity contribution is 6.32. The van der Waals surface area contributed by atoms with Gasteiger partial charge in [-0.1, -0.05) is 35.3 Å². The molecule has 1 atom stereocenters. The van der Waals surface area contributed by atoms with E-state index in [0.29, 0.717) is 10.7 Å². The first-order chi connectivity index (χ1) is 12.3. The summed E-state index contributed by atoms with van der Waals surface area (Å²) < 4.78 is 18.7. The van der Waals surface area contributed by atoms with Crippen molar-refractivity contribution in [2.45, 2.75) is 20.0 Å². The summed E-state index contributed by atoms with van der Waals surface area (Å²) in [6, 6.07) is 9.24. The van der Waals surface area contributed by atoms with E-state index < -0.39 is 23.8 Å². The molecule has 2 aromatic rings. The van der Waals surface area contributed by atoms with Crippen LogP contribution in [0.3, 0.4) is 0 Å². The number of halogens is 3. The van der Waals surface area contributed by atoms with Crippen LogP contribution in [-0.4, -0.2) is 18.0 Å². The first-order valence-corrected chi connectivity index (χ1v) is 8.43. The van der Waals surface area contributed by atoms with E-state index in [1.165, 1.54) is 31.2 Å². The Labute approximate surface area is 160 Å². The Hall–Kier alpha value is -2.37. The van der Waals surface area contributed by atoms with Crippen LogP contribution in [-0.2, 0) is 14.3 Å². The SMILES string of the molecule is Cc1ccc(Cl)cc1NC(=O)C(C)OC(=O)C=Cc1c(F)cccc1Cl. The van der Waals surface area contributed by atoms with E-state index in [1.807, 2.05) is 6.92 Å². The molecule has 0 radical (unpaired) electrons. The Morgan fingerprint density at radius 3 is 2.65 bits per heavy atom. The molecule has 0 aromatic heterocycles. The van der Waals surface area contributed by atoms with Gasteiger partial charge in [0.05, 0.1) is 5.02 Å². The number of hydrogen-bond donors (Lipinski definition) is 1. The highest BCUT2D eigenvalue weighted by Gasteiger charge is 2.17. The van der Waals surface area contributed by atoms with E-state index in [1.54, 1.807) is 18.2 Å². The second kappa shape index (κ2) is 8.83. The van der Waals surface area contributed by atoms with Crippen LogP contribution in [0.2, 0.25) is 10.0 Å². The number of rotatable bonds is 5. The summed E-state index contributed by atoms with van der Waals surface area (Å²) in [4.78, 5) is 24.0. The van der Waals surface area contributed by atoms with Crippen LogP contribution in [0, 0.1) is 12.7 Å². The van der Waals surface area contributed by atoms with Crippen LogP contribution < -0.4 is 5.32 Å². The minimum Gasteiger partial charge on any atom is -0.449 e. The second-order valence-corrected chi connectivity index (χ2v) is 6.34. The summed E-state index contributed by atoms with van der Waals surface area (Å²) in [5.74, 6) is -1.88. The number of carbonyl (C=O) groups is 2. The smallest absolute Gasteiger partial charge is 0.331 e. The molecule has 0 aliphatic heterocycles. The molecule has 2 rings (SSSR count). The summed E-state index contributed by atoms with van der Waals surface area (Å²) in [5, 5.41) is 3.28. The zero-order valence-electron chi connectivity index (χ0n) is 14.1. The highest BCUT2D eigenvalue weighted by Crippen LogP contribution is 2.21. The molecule has 0 bridgehead atoms. The average Bonchev–Trinajstić information content (AvgIpc) is 2.57. The Morgan fingerprint density at radius 2 is 1.96 bits per heavy atom. The number of nitrogens with one attached hydrogen (secondary N) is 1. The van der Waals surface area contributed by atoms with Crippen molar-refractivity contribution in [1.82, 2.24) is 0 Å². The van der Waals surface area contributed by atoms with Gasteiger partial charge in [0.25, 0.3) is 5.91 Å². The fraction of sp³-hybridized carbons (Fsp3) is 0.158. The number of amides is 1. The lowest BCUT2D eigenvalue weighted by molar-refractivity contribution is -0.148. The van der Waals surface area contributed by atoms with Gasteiger partial charge < -0.3 is 10.1 Å². The predicted molar refractivity (Wildman–Crippen MR) is 101 cm³/mol. The summed E-state index contributed by atoms with van der Waals surface area (Å²) in [7, 11) is 0. The molecule has 7 heteroatoms. The summed E-state index contributed by atoms with van der Waals surface area (Å²) >= 11 is 11.8. The van der Waals surface area contributed by atoms with E-state index in [4.69, 9.17) is 27.9 Å². The van der Waals surface area contributed by atoms with Gasteiger partial charge in [-0.3, -0.25) is 4.79 Å². The van der Waals surface area contributed by atoms with Crippen molar-refractivity contribution in [2.75, 3.05) is 5.32 Å². The Morgan fingerprint density at radius 1 is 1.23 bits per heavy atom. The van der Waals surface area contributed by atoms with Crippen LogP contribution in [0.5, 0.6) is 0 Å². The van der Waals surface area contributed by atoms with E-state index >= 15 is 0 Å². The first-order valence-electron chi connectivity index (χ1n) is 7.67. The van der Waals surface area contributed by atoms with Crippen molar-refractivity contribution < 1.29 is 18.7 Å². The first kappa shape index (κ1) is 19.9. The summed E-state index contributed by atoms with van der Waals surface area (Å²) in [6.45, 7) is 3.24. The van der Waals surface area contributed by atoms with Crippen LogP contribution in [0.15, 0.2) is 42.5 Å². The predicted octanol–water partition coefficient (Wildman–Crippen LogP) is 5.02. The maximum Gasteiger partial charge on any atom is 0.331 e. The van der Waals surface area contributed by atoms with Crippen molar-refractivity contribution in [1.29, 1.82) is 0 Å². The van der Waals surface area contributed by atoms with Crippen molar-refractivity contribution in [2.24, 2.45) is 0 Å². The number of hydrogen-bond acceptors (Lipinski definition) is 3. The minimum atomic E-state index is -1.05. The quantitative estimate of drug-likeness (QED) is 0.570. The second-order valence-electron chi connectivity index (χ2n) is 5.50. The van der Waals surface area contributed by atoms with Crippen LogP contribution in [0.25, 0.3) is 6.08 Å². The molecule has 0 heterocycles. The number of aryl methyl sites for hydroxylation is 1. The van der Waals surface area contributed by atoms with E-state index in [9.17, 15) is 14.0 Å². The number of esters is 1. The monoisotopic (exact) mass is 395 g/mol. The van der Waals surface area contributed by atoms with Gasteiger partial charge in [-0.25, -0.2) is 9.18 Å². The molecule has 26 heavy (non-hydrogen) atoms. The van der Waals surface area contributed by atoms with Gasteiger partial charge in [0, 0.05) is 22.3 Å². The van der Waals surface area contributed by atoms with Gasteiger partial charge in [-0.05, 0) is 49.8 Å². The van der Waals surface area contributed by atoms with Gasteiger partial charge in [0.2, 0.25) is 0 Å². The van der Waals surface area contributed by atoms with E-state index in [0.717, 1.165) is 11.6 Å². The van der Waals surface area contributed by atoms with Gasteiger partial charge in [0.1, 0.15) is 5.82 Å². The van der Waals surface area contributed by atoms with E-state index in [-0.39, 0.29) is 10.6 Å². The molecule has 4 nitrogen and oxygen atoms in total. The third kappa shape index (κ3) is 5.31. The normalized spacial score (nSPS) is 12.0. The zero-order chi connectivity index (χ0) is 19.3. The summed E-state index contributed by atoms with van der Waals surface area (Å²) in [5.41, 5.74) is 1.41. The molecule has 0 fully saturated rings. The highest BCUT2D eigenvalue weighted by atomic mass is 35.5. The molecule has 0 saturated heterocycles. The molecule has 0 saturated carbocycles. The van der Waals surface area contributed by atoms with E-state index in [2.05, 4.69) is 5.32 Å². The lowest BCUT2D eigenvalue weighted by atomic mass is 10.2. The fourth-order valence-electron chi connectivity index (χ4n) is 2.05. The lowest BCUT2D eigenvalue weighted by Gasteiger charge is -2.14. The molecule has 1 amide bonds. The van der Waals surface area contributed by atoms with Crippen molar-refractivity contribution in [3.05, 3.63) is 69.5 Å². The number of anilines is 1. The molecule has 0 aliphatic rings. The topological polar surface area (TPSA) is 55.4 Å². The Balaban J connectivity index is 1.99. The third-order valence-corrected chi connectivity index (χ3v) is 4.07. The molecule has 1 unspecified atom stereocenters. The Kier molecular flexibility index (Phi) is 6.77. The fourth-order valence-corrected chi connectivity index (χ4v) is 2.45. The van der Waals surface area contributed by atoms with Gasteiger partial charge >= 0.3 is 5.97 Å². The average molecular weight is 396 g/mol. The summed E-state index contributed by atoms with van der Waals surface area (Å²) in [6.07, 6.45) is 1.16.